The van der Waals surface area contributed by atoms with Gasteiger partial charge in [-0.05, 0) is 37.7 Å². The van der Waals surface area contributed by atoms with Crippen molar-refractivity contribution in [1.29, 1.82) is 0 Å². The van der Waals surface area contributed by atoms with Crippen LogP contribution in [0, 0.1) is 6.92 Å². The van der Waals surface area contributed by atoms with Crippen molar-refractivity contribution in [3.05, 3.63) is 58.1 Å². The van der Waals surface area contributed by atoms with Gasteiger partial charge in [-0.15, -0.1) is 0 Å². The maximum Gasteiger partial charge on any atom is 0.127 e. The lowest BCUT2D eigenvalue weighted by Crippen LogP contribution is -2.08. The van der Waals surface area contributed by atoms with E-state index in [4.69, 9.17) is 21.1 Å². The number of nitrogens with one attached hydrogen (secondary N) is 1. The molecule has 0 atom stereocenters. The third-order valence-corrected chi connectivity index (χ3v) is 3.51. The Kier molecular flexibility index (Phi) is 5.48. The summed E-state index contributed by atoms with van der Waals surface area (Å²) in [7, 11) is 3.57. The van der Waals surface area contributed by atoms with Crippen LogP contribution in [0.3, 0.4) is 0 Å². The Morgan fingerprint density at radius 2 is 1.95 bits per heavy atom. The Balaban J connectivity index is 2.22. The van der Waals surface area contributed by atoms with Crippen molar-refractivity contribution in [2.45, 2.75) is 20.1 Å². The highest BCUT2D eigenvalue weighted by Gasteiger charge is 2.09. The summed E-state index contributed by atoms with van der Waals surface area (Å²) >= 11 is 6.05. The van der Waals surface area contributed by atoms with Gasteiger partial charge in [0.2, 0.25) is 0 Å². The first-order valence-electron chi connectivity index (χ1n) is 6.84. The lowest BCUT2D eigenvalue weighted by atomic mass is 10.1. The molecule has 0 aromatic heterocycles. The molecule has 2 aromatic carbocycles. The molecule has 0 radical (unpaired) electrons. The van der Waals surface area contributed by atoms with Crippen LogP contribution in [-0.4, -0.2) is 14.2 Å². The fourth-order valence-corrected chi connectivity index (χ4v) is 2.45. The number of hydrogen-bond donors (Lipinski definition) is 1. The summed E-state index contributed by atoms with van der Waals surface area (Å²) in [6.45, 7) is 3.23. The van der Waals surface area contributed by atoms with Crippen LogP contribution in [-0.2, 0) is 13.2 Å². The summed E-state index contributed by atoms with van der Waals surface area (Å²) in [5, 5.41) is 3.83. The Hall–Kier alpha value is -1.71. The standard InChI is InChI=1S/C17H20ClNO2/c1-12-5-4-6-13(10-19-2)17(12)21-11-14-9-15(18)7-8-16(14)20-3/h4-9,19H,10-11H2,1-3H3. The van der Waals surface area contributed by atoms with Crippen molar-refractivity contribution in [1.82, 2.24) is 5.32 Å². The average molecular weight is 306 g/mol. The summed E-state index contributed by atoms with van der Waals surface area (Å²) < 4.78 is 11.4. The van der Waals surface area contributed by atoms with Gasteiger partial charge in [0.25, 0.3) is 0 Å². The molecule has 0 unspecified atom stereocenters. The van der Waals surface area contributed by atoms with E-state index >= 15 is 0 Å². The minimum Gasteiger partial charge on any atom is -0.496 e. The van der Waals surface area contributed by atoms with E-state index in [0.717, 1.165) is 34.7 Å². The van der Waals surface area contributed by atoms with Crippen LogP contribution in [0.5, 0.6) is 11.5 Å². The van der Waals surface area contributed by atoms with Gasteiger partial charge in [-0.3, -0.25) is 0 Å². The molecule has 0 saturated heterocycles. The van der Waals surface area contributed by atoms with Gasteiger partial charge in [0.1, 0.15) is 18.1 Å². The zero-order chi connectivity index (χ0) is 15.2. The number of benzene rings is 2. The van der Waals surface area contributed by atoms with Crippen LogP contribution in [0.4, 0.5) is 0 Å². The predicted molar refractivity (Wildman–Crippen MR) is 86.3 cm³/mol. The molecule has 21 heavy (non-hydrogen) atoms. The maximum atomic E-state index is 6.05. The molecular formula is C17H20ClNO2. The number of hydrogen-bond acceptors (Lipinski definition) is 3. The van der Waals surface area contributed by atoms with Crippen molar-refractivity contribution in [3.63, 3.8) is 0 Å². The lowest BCUT2D eigenvalue weighted by Gasteiger charge is -2.15. The normalized spacial score (nSPS) is 10.5. The number of methoxy groups -OCH3 is 1. The highest BCUT2D eigenvalue weighted by Crippen LogP contribution is 2.28. The van der Waals surface area contributed by atoms with Gasteiger partial charge >= 0.3 is 0 Å². The molecule has 0 aliphatic heterocycles. The van der Waals surface area contributed by atoms with Crippen molar-refractivity contribution in [2.24, 2.45) is 0 Å². The number of halogens is 1. The van der Waals surface area contributed by atoms with Crippen LogP contribution >= 0.6 is 11.6 Å². The van der Waals surface area contributed by atoms with Gasteiger partial charge in [-0.2, -0.15) is 0 Å². The molecular weight excluding hydrogens is 286 g/mol. The first-order valence-corrected chi connectivity index (χ1v) is 7.21. The van der Waals surface area contributed by atoms with Crippen LogP contribution in [0.2, 0.25) is 5.02 Å². The topological polar surface area (TPSA) is 30.5 Å². The summed E-state index contributed by atoms with van der Waals surface area (Å²) in [5.41, 5.74) is 3.19. The quantitative estimate of drug-likeness (QED) is 0.876. The first-order chi connectivity index (χ1) is 10.2. The third kappa shape index (κ3) is 3.90. The summed E-state index contributed by atoms with van der Waals surface area (Å²) in [6, 6.07) is 11.7. The third-order valence-electron chi connectivity index (χ3n) is 3.28. The SMILES string of the molecule is CNCc1cccc(C)c1OCc1cc(Cl)ccc1OC. The Morgan fingerprint density at radius 3 is 2.67 bits per heavy atom. The van der Waals surface area contributed by atoms with Crippen molar-refractivity contribution < 1.29 is 9.47 Å². The molecule has 0 fully saturated rings. The molecule has 0 bridgehead atoms. The van der Waals surface area contributed by atoms with Crippen LogP contribution in [0.1, 0.15) is 16.7 Å². The summed E-state index contributed by atoms with van der Waals surface area (Å²) in [5.74, 6) is 1.69. The van der Waals surface area contributed by atoms with Crippen LogP contribution in [0.25, 0.3) is 0 Å². The fourth-order valence-electron chi connectivity index (χ4n) is 2.26. The number of aryl methyl sites for hydroxylation is 1. The van der Waals surface area contributed by atoms with Gasteiger partial charge in [-0.25, -0.2) is 0 Å². The smallest absolute Gasteiger partial charge is 0.127 e. The Bertz CT molecular complexity index is 614. The van der Waals surface area contributed by atoms with Gasteiger partial charge in [0, 0.05) is 22.7 Å². The first kappa shape index (κ1) is 15.7. The van der Waals surface area contributed by atoms with E-state index in [1.165, 1.54) is 0 Å². The molecule has 3 nitrogen and oxygen atoms in total. The molecule has 2 aromatic rings. The van der Waals surface area contributed by atoms with E-state index in [-0.39, 0.29) is 0 Å². The van der Waals surface area contributed by atoms with Crippen molar-refractivity contribution in [3.8, 4) is 11.5 Å². The monoisotopic (exact) mass is 305 g/mol. The van der Waals surface area contributed by atoms with E-state index in [1.807, 2.05) is 44.3 Å². The molecule has 0 spiro atoms. The molecule has 112 valence electrons. The van der Waals surface area contributed by atoms with Crippen LogP contribution in [0.15, 0.2) is 36.4 Å². The number of para-hydroxylation sites is 1. The predicted octanol–water partition coefficient (Wildman–Crippen LogP) is 3.96. The lowest BCUT2D eigenvalue weighted by molar-refractivity contribution is 0.291. The zero-order valence-electron chi connectivity index (χ0n) is 12.6. The maximum absolute atomic E-state index is 6.05. The van der Waals surface area contributed by atoms with E-state index in [9.17, 15) is 0 Å². The largest absolute Gasteiger partial charge is 0.496 e. The molecule has 0 saturated carbocycles. The Labute approximate surface area is 130 Å². The highest BCUT2D eigenvalue weighted by molar-refractivity contribution is 6.30. The van der Waals surface area contributed by atoms with Gasteiger partial charge in [0.15, 0.2) is 0 Å². The molecule has 1 N–H and O–H groups in total. The van der Waals surface area contributed by atoms with E-state index in [1.54, 1.807) is 7.11 Å². The fraction of sp³-hybridized carbons (Fsp3) is 0.294. The van der Waals surface area contributed by atoms with Gasteiger partial charge < -0.3 is 14.8 Å². The second-order valence-electron chi connectivity index (χ2n) is 4.84. The minimum atomic E-state index is 0.422. The summed E-state index contributed by atoms with van der Waals surface area (Å²) in [4.78, 5) is 0. The minimum absolute atomic E-state index is 0.422. The zero-order valence-corrected chi connectivity index (χ0v) is 13.3. The number of rotatable bonds is 6. The molecule has 0 heterocycles. The van der Waals surface area contributed by atoms with E-state index in [2.05, 4.69) is 11.4 Å². The second-order valence-corrected chi connectivity index (χ2v) is 5.27. The van der Waals surface area contributed by atoms with Crippen molar-refractivity contribution in [2.75, 3.05) is 14.2 Å². The molecule has 0 aliphatic rings. The number of ether oxygens (including phenoxy) is 2. The summed E-state index contributed by atoms with van der Waals surface area (Å²) in [6.07, 6.45) is 0. The molecule has 0 aliphatic carbocycles. The molecule has 4 heteroatoms. The highest BCUT2D eigenvalue weighted by atomic mass is 35.5. The molecule has 2 rings (SSSR count). The molecule has 0 amide bonds. The van der Waals surface area contributed by atoms with Crippen LogP contribution < -0.4 is 14.8 Å². The Morgan fingerprint density at radius 1 is 1.14 bits per heavy atom. The van der Waals surface area contributed by atoms with Gasteiger partial charge in [-0.1, -0.05) is 29.8 Å². The van der Waals surface area contributed by atoms with E-state index in [0.29, 0.717) is 11.6 Å². The van der Waals surface area contributed by atoms with Gasteiger partial charge in [0.05, 0.1) is 7.11 Å². The second kappa shape index (κ2) is 7.34. The average Bonchev–Trinajstić information content (AvgIpc) is 2.47. The van der Waals surface area contributed by atoms with E-state index < -0.39 is 0 Å². The van der Waals surface area contributed by atoms with Crippen molar-refractivity contribution >= 4 is 11.6 Å².